The molecule has 3 rings (SSSR count). The van der Waals surface area contributed by atoms with E-state index in [4.69, 9.17) is 0 Å². The smallest absolute Gasteiger partial charge is 0.253 e. The number of benzene rings is 2. The van der Waals surface area contributed by atoms with Gasteiger partial charge in [-0.2, -0.15) is 0 Å². The monoisotopic (exact) mass is 324 g/mol. The normalized spacial score (nSPS) is 17.4. The molecule has 1 saturated heterocycles. The minimum absolute atomic E-state index is 0.142. The number of nitrogens with one attached hydrogen (secondary N) is 1. The number of piperidine rings is 1. The molecule has 126 valence electrons. The SMILES string of the molecule is O=C(NC1CCN(Cc2ccccc2)CC1)C(O)c1ccccc1. The lowest BCUT2D eigenvalue weighted by Gasteiger charge is -2.32. The molecule has 2 N–H and O–H groups in total. The Morgan fingerprint density at radius 1 is 1.04 bits per heavy atom. The summed E-state index contributed by atoms with van der Waals surface area (Å²) in [5.74, 6) is -0.303. The van der Waals surface area contributed by atoms with Gasteiger partial charge in [0, 0.05) is 25.7 Å². The van der Waals surface area contributed by atoms with Gasteiger partial charge in [-0.15, -0.1) is 0 Å². The predicted molar refractivity (Wildman–Crippen MR) is 94.3 cm³/mol. The highest BCUT2D eigenvalue weighted by atomic mass is 16.3. The van der Waals surface area contributed by atoms with E-state index in [1.807, 2.05) is 24.3 Å². The van der Waals surface area contributed by atoms with Gasteiger partial charge < -0.3 is 10.4 Å². The standard InChI is InChI=1S/C20H24N2O2/c23-19(17-9-5-2-6-10-17)20(24)21-18-11-13-22(14-12-18)15-16-7-3-1-4-8-16/h1-10,18-19,23H,11-15H2,(H,21,24). The van der Waals surface area contributed by atoms with Gasteiger partial charge in [-0.1, -0.05) is 60.7 Å². The van der Waals surface area contributed by atoms with Crippen molar-refractivity contribution >= 4 is 5.91 Å². The van der Waals surface area contributed by atoms with Crippen molar-refractivity contribution in [2.45, 2.75) is 31.5 Å². The first-order valence-electron chi connectivity index (χ1n) is 8.52. The highest BCUT2D eigenvalue weighted by Crippen LogP contribution is 2.16. The molecule has 0 bridgehead atoms. The lowest BCUT2D eigenvalue weighted by atomic mass is 10.0. The summed E-state index contributed by atoms with van der Waals surface area (Å²) in [5, 5.41) is 13.1. The van der Waals surface area contributed by atoms with E-state index in [1.54, 1.807) is 12.1 Å². The molecule has 24 heavy (non-hydrogen) atoms. The lowest BCUT2D eigenvalue weighted by Crippen LogP contribution is -2.45. The Kier molecular flexibility index (Phi) is 5.62. The summed E-state index contributed by atoms with van der Waals surface area (Å²) in [5.41, 5.74) is 1.95. The van der Waals surface area contributed by atoms with Crippen LogP contribution in [0.1, 0.15) is 30.1 Å². The molecule has 1 atom stereocenters. The van der Waals surface area contributed by atoms with Crippen LogP contribution >= 0.6 is 0 Å². The van der Waals surface area contributed by atoms with Crippen LogP contribution in [0.2, 0.25) is 0 Å². The Morgan fingerprint density at radius 2 is 1.62 bits per heavy atom. The van der Waals surface area contributed by atoms with E-state index < -0.39 is 6.10 Å². The molecule has 4 nitrogen and oxygen atoms in total. The minimum atomic E-state index is -1.09. The largest absolute Gasteiger partial charge is 0.378 e. The number of aliphatic hydroxyl groups excluding tert-OH is 1. The second-order valence-corrected chi connectivity index (χ2v) is 6.36. The number of likely N-dealkylation sites (tertiary alicyclic amines) is 1. The fraction of sp³-hybridized carbons (Fsp3) is 0.350. The van der Waals surface area contributed by atoms with Crippen LogP contribution in [0.15, 0.2) is 60.7 Å². The number of amides is 1. The summed E-state index contributed by atoms with van der Waals surface area (Å²) < 4.78 is 0. The number of hydrogen-bond donors (Lipinski definition) is 2. The van der Waals surface area contributed by atoms with Crippen molar-refractivity contribution in [2.75, 3.05) is 13.1 Å². The zero-order valence-electron chi connectivity index (χ0n) is 13.8. The minimum Gasteiger partial charge on any atom is -0.378 e. The summed E-state index contributed by atoms with van der Waals surface area (Å²) in [7, 11) is 0. The first kappa shape index (κ1) is 16.7. The Balaban J connectivity index is 1.46. The highest BCUT2D eigenvalue weighted by molar-refractivity contribution is 5.82. The van der Waals surface area contributed by atoms with Crippen molar-refractivity contribution in [1.82, 2.24) is 10.2 Å². The van der Waals surface area contributed by atoms with Crippen LogP contribution in [0.3, 0.4) is 0 Å². The van der Waals surface area contributed by atoms with Crippen LogP contribution in [-0.4, -0.2) is 35.0 Å². The fourth-order valence-corrected chi connectivity index (χ4v) is 3.14. The van der Waals surface area contributed by atoms with E-state index in [-0.39, 0.29) is 11.9 Å². The molecular weight excluding hydrogens is 300 g/mol. The van der Waals surface area contributed by atoms with Gasteiger partial charge in [0.15, 0.2) is 6.10 Å². The van der Waals surface area contributed by atoms with Crippen molar-refractivity contribution < 1.29 is 9.90 Å². The van der Waals surface area contributed by atoms with Gasteiger partial charge in [0.05, 0.1) is 0 Å². The number of carbonyl (C=O) groups is 1. The first-order chi connectivity index (χ1) is 11.7. The van der Waals surface area contributed by atoms with E-state index in [0.29, 0.717) is 5.56 Å². The Morgan fingerprint density at radius 3 is 2.25 bits per heavy atom. The molecule has 1 fully saturated rings. The van der Waals surface area contributed by atoms with Crippen LogP contribution in [-0.2, 0) is 11.3 Å². The average Bonchev–Trinajstić information content (AvgIpc) is 2.64. The average molecular weight is 324 g/mol. The molecule has 0 spiro atoms. The number of aliphatic hydroxyl groups is 1. The van der Waals surface area contributed by atoms with Gasteiger partial charge in [0.2, 0.25) is 0 Å². The van der Waals surface area contributed by atoms with Gasteiger partial charge in [-0.05, 0) is 24.0 Å². The molecule has 0 radical (unpaired) electrons. The predicted octanol–water partition coefficient (Wildman–Crippen LogP) is 2.50. The van der Waals surface area contributed by atoms with Crippen LogP contribution in [0.25, 0.3) is 0 Å². The summed E-state index contributed by atoms with van der Waals surface area (Å²) >= 11 is 0. The van der Waals surface area contributed by atoms with Crippen molar-refractivity contribution in [3.8, 4) is 0 Å². The number of carbonyl (C=O) groups excluding carboxylic acids is 1. The third kappa shape index (κ3) is 4.43. The maximum atomic E-state index is 12.2. The van der Waals surface area contributed by atoms with E-state index in [0.717, 1.165) is 32.5 Å². The fourth-order valence-electron chi connectivity index (χ4n) is 3.14. The summed E-state index contributed by atoms with van der Waals surface area (Å²) in [6.07, 6.45) is 0.744. The molecule has 2 aromatic carbocycles. The molecule has 1 aliphatic rings. The third-order valence-electron chi connectivity index (χ3n) is 4.55. The van der Waals surface area contributed by atoms with E-state index >= 15 is 0 Å². The molecule has 1 aliphatic heterocycles. The van der Waals surface area contributed by atoms with Crippen molar-refractivity contribution in [2.24, 2.45) is 0 Å². The molecule has 2 aromatic rings. The van der Waals surface area contributed by atoms with Crippen molar-refractivity contribution in [1.29, 1.82) is 0 Å². The number of hydrogen-bond acceptors (Lipinski definition) is 3. The molecule has 0 aliphatic carbocycles. The van der Waals surface area contributed by atoms with Crippen LogP contribution in [0.4, 0.5) is 0 Å². The quantitative estimate of drug-likeness (QED) is 0.888. The molecule has 0 aromatic heterocycles. The first-order valence-corrected chi connectivity index (χ1v) is 8.52. The molecule has 1 heterocycles. The van der Waals surface area contributed by atoms with E-state index in [2.05, 4.69) is 34.5 Å². The lowest BCUT2D eigenvalue weighted by molar-refractivity contribution is -0.130. The zero-order chi connectivity index (χ0) is 16.8. The summed E-state index contributed by atoms with van der Waals surface area (Å²) in [6, 6.07) is 19.7. The molecular formula is C20H24N2O2. The highest BCUT2D eigenvalue weighted by Gasteiger charge is 2.24. The Labute approximate surface area is 143 Å². The maximum Gasteiger partial charge on any atom is 0.253 e. The van der Waals surface area contributed by atoms with Gasteiger partial charge in [0.1, 0.15) is 0 Å². The van der Waals surface area contributed by atoms with E-state index in [9.17, 15) is 9.90 Å². The van der Waals surface area contributed by atoms with Crippen LogP contribution in [0, 0.1) is 0 Å². The molecule has 4 heteroatoms. The van der Waals surface area contributed by atoms with Crippen LogP contribution < -0.4 is 5.32 Å². The Bertz CT molecular complexity index is 637. The third-order valence-corrected chi connectivity index (χ3v) is 4.55. The molecule has 0 saturated carbocycles. The topological polar surface area (TPSA) is 52.6 Å². The molecule has 1 amide bonds. The Hall–Kier alpha value is -2.17. The van der Waals surface area contributed by atoms with Crippen molar-refractivity contribution in [3.05, 3.63) is 71.8 Å². The maximum absolute atomic E-state index is 12.2. The molecule has 1 unspecified atom stereocenters. The number of nitrogens with zero attached hydrogens (tertiary/aromatic N) is 1. The van der Waals surface area contributed by atoms with Crippen LogP contribution in [0.5, 0.6) is 0 Å². The van der Waals surface area contributed by atoms with Gasteiger partial charge >= 0.3 is 0 Å². The zero-order valence-corrected chi connectivity index (χ0v) is 13.8. The summed E-state index contributed by atoms with van der Waals surface area (Å²) in [6.45, 7) is 2.87. The second-order valence-electron chi connectivity index (χ2n) is 6.36. The van der Waals surface area contributed by atoms with Gasteiger partial charge in [-0.25, -0.2) is 0 Å². The van der Waals surface area contributed by atoms with Crippen molar-refractivity contribution in [3.63, 3.8) is 0 Å². The second kappa shape index (κ2) is 8.08. The summed E-state index contributed by atoms with van der Waals surface area (Å²) in [4.78, 5) is 14.6. The van der Waals surface area contributed by atoms with Gasteiger partial charge in [0.25, 0.3) is 5.91 Å². The van der Waals surface area contributed by atoms with E-state index in [1.165, 1.54) is 5.56 Å². The van der Waals surface area contributed by atoms with Gasteiger partial charge in [-0.3, -0.25) is 9.69 Å². The number of rotatable bonds is 5.